The van der Waals surface area contributed by atoms with E-state index in [0.29, 0.717) is 6.04 Å². The number of hydrogen-bond acceptors (Lipinski definition) is 2. The third-order valence-corrected chi connectivity index (χ3v) is 3.05. The van der Waals surface area contributed by atoms with E-state index in [4.69, 9.17) is 4.74 Å². The number of rotatable bonds is 7. The third kappa shape index (κ3) is 5.33. The maximum Gasteiger partial charge on any atom is 0.0495 e. The lowest BCUT2D eigenvalue weighted by atomic mass is 9.95. The first-order valence-electron chi connectivity index (χ1n) is 6.18. The van der Waals surface area contributed by atoms with Crippen LogP contribution in [0.3, 0.4) is 0 Å². The van der Waals surface area contributed by atoms with Crippen LogP contribution in [0.15, 0.2) is 12.2 Å². The fraction of sp³-hybridized carbons (Fsp3) is 0.846. The van der Waals surface area contributed by atoms with Crippen molar-refractivity contribution in [2.75, 3.05) is 19.8 Å². The van der Waals surface area contributed by atoms with E-state index >= 15 is 0 Å². The quantitative estimate of drug-likeness (QED) is 0.654. The summed E-state index contributed by atoms with van der Waals surface area (Å²) >= 11 is 0. The van der Waals surface area contributed by atoms with Gasteiger partial charge in [0, 0.05) is 19.3 Å². The molecule has 0 bridgehead atoms. The van der Waals surface area contributed by atoms with E-state index in [9.17, 15) is 0 Å². The predicted octanol–water partition coefficient (Wildman–Crippen LogP) is 2.75. The van der Waals surface area contributed by atoms with Gasteiger partial charge >= 0.3 is 0 Å². The molecule has 1 N–H and O–H groups in total. The van der Waals surface area contributed by atoms with Crippen LogP contribution >= 0.6 is 0 Å². The SMILES string of the molecule is C=C(C)CCC(CC1CCOC1)NCC. The van der Waals surface area contributed by atoms with Crippen LogP contribution in [0.1, 0.15) is 39.5 Å². The van der Waals surface area contributed by atoms with Gasteiger partial charge in [-0.2, -0.15) is 0 Å². The largest absolute Gasteiger partial charge is 0.381 e. The van der Waals surface area contributed by atoms with E-state index in [1.807, 2.05) is 0 Å². The summed E-state index contributed by atoms with van der Waals surface area (Å²) in [4.78, 5) is 0. The molecule has 1 saturated heterocycles. The summed E-state index contributed by atoms with van der Waals surface area (Å²) in [5, 5.41) is 3.57. The van der Waals surface area contributed by atoms with Crippen molar-refractivity contribution in [2.45, 2.75) is 45.6 Å². The van der Waals surface area contributed by atoms with Crippen molar-refractivity contribution in [3.8, 4) is 0 Å². The van der Waals surface area contributed by atoms with Crippen molar-refractivity contribution < 1.29 is 4.74 Å². The molecule has 0 aromatic rings. The van der Waals surface area contributed by atoms with Crippen LogP contribution in [0.5, 0.6) is 0 Å². The second-order valence-electron chi connectivity index (χ2n) is 4.72. The molecule has 2 unspecified atom stereocenters. The minimum atomic E-state index is 0.651. The first-order valence-corrected chi connectivity index (χ1v) is 6.18. The molecule has 1 fully saturated rings. The summed E-state index contributed by atoms with van der Waals surface area (Å²) in [6, 6.07) is 0.651. The fourth-order valence-electron chi connectivity index (χ4n) is 2.18. The Morgan fingerprint density at radius 1 is 1.60 bits per heavy atom. The van der Waals surface area contributed by atoms with Crippen LogP contribution in [-0.2, 0) is 4.74 Å². The molecule has 15 heavy (non-hydrogen) atoms. The molecule has 0 spiro atoms. The summed E-state index contributed by atoms with van der Waals surface area (Å²) in [5.74, 6) is 0.777. The zero-order valence-electron chi connectivity index (χ0n) is 10.2. The second-order valence-corrected chi connectivity index (χ2v) is 4.72. The van der Waals surface area contributed by atoms with Crippen molar-refractivity contribution >= 4 is 0 Å². The highest BCUT2D eigenvalue weighted by atomic mass is 16.5. The number of nitrogens with one attached hydrogen (secondary N) is 1. The molecule has 2 atom stereocenters. The Morgan fingerprint density at radius 2 is 2.40 bits per heavy atom. The van der Waals surface area contributed by atoms with Crippen molar-refractivity contribution in [3.63, 3.8) is 0 Å². The second kappa shape index (κ2) is 7.02. The molecular formula is C13H25NO. The standard InChI is InChI=1S/C13H25NO/c1-4-14-13(6-5-11(2)3)9-12-7-8-15-10-12/h12-14H,2,4-10H2,1,3H3. The minimum Gasteiger partial charge on any atom is -0.381 e. The molecule has 0 aromatic heterocycles. The molecule has 1 rings (SSSR count). The van der Waals surface area contributed by atoms with Gasteiger partial charge in [-0.05, 0) is 45.1 Å². The summed E-state index contributed by atoms with van der Waals surface area (Å²) in [6.45, 7) is 11.3. The Labute approximate surface area is 94.1 Å². The van der Waals surface area contributed by atoms with Crippen molar-refractivity contribution in [2.24, 2.45) is 5.92 Å². The van der Waals surface area contributed by atoms with E-state index in [-0.39, 0.29) is 0 Å². The van der Waals surface area contributed by atoms with Gasteiger partial charge in [-0.25, -0.2) is 0 Å². The summed E-state index contributed by atoms with van der Waals surface area (Å²) < 4.78 is 5.42. The lowest BCUT2D eigenvalue weighted by Crippen LogP contribution is -2.31. The fourth-order valence-corrected chi connectivity index (χ4v) is 2.18. The molecule has 88 valence electrons. The van der Waals surface area contributed by atoms with Gasteiger partial charge in [0.1, 0.15) is 0 Å². The van der Waals surface area contributed by atoms with E-state index in [2.05, 4.69) is 25.7 Å². The zero-order valence-corrected chi connectivity index (χ0v) is 10.2. The maximum absolute atomic E-state index is 5.42. The molecule has 2 heteroatoms. The van der Waals surface area contributed by atoms with Crippen LogP contribution in [-0.4, -0.2) is 25.8 Å². The Kier molecular flexibility index (Phi) is 5.96. The molecule has 1 aliphatic rings. The van der Waals surface area contributed by atoms with Gasteiger partial charge in [0.2, 0.25) is 0 Å². The number of hydrogen-bond donors (Lipinski definition) is 1. The monoisotopic (exact) mass is 211 g/mol. The Balaban J connectivity index is 2.25. The molecule has 0 aliphatic carbocycles. The number of ether oxygens (including phenoxy) is 1. The van der Waals surface area contributed by atoms with Crippen LogP contribution < -0.4 is 5.32 Å². The maximum atomic E-state index is 5.42. The lowest BCUT2D eigenvalue weighted by molar-refractivity contribution is 0.181. The third-order valence-electron chi connectivity index (χ3n) is 3.05. The Bertz CT molecular complexity index is 185. The van der Waals surface area contributed by atoms with Gasteiger partial charge in [0.05, 0.1) is 0 Å². The average molecular weight is 211 g/mol. The van der Waals surface area contributed by atoms with Gasteiger partial charge in [0.25, 0.3) is 0 Å². The van der Waals surface area contributed by atoms with Gasteiger partial charge < -0.3 is 10.1 Å². The number of allylic oxidation sites excluding steroid dienone is 1. The highest BCUT2D eigenvalue weighted by Gasteiger charge is 2.19. The molecule has 1 aliphatic heterocycles. The van der Waals surface area contributed by atoms with Crippen LogP contribution in [0.25, 0.3) is 0 Å². The smallest absolute Gasteiger partial charge is 0.0495 e. The summed E-state index contributed by atoms with van der Waals surface area (Å²) in [6.07, 6.45) is 4.88. The first-order chi connectivity index (χ1) is 7.22. The lowest BCUT2D eigenvalue weighted by Gasteiger charge is -2.20. The highest BCUT2D eigenvalue weighted by Crippen LogP contribution is 2.20. The first kappa shape index (κ1) is 12.7. The Morgan fingerprint density at radius 3 is 2.93 bits per heavy atom. The topological polar surface area (TPSA) is 21.3 Å². The van der Waals surface area contributed by atoms with E-state index in [1.54, 1.807) is 0 Å². The summed E-state index contributed by atoms with van der Waals surface area (Å²) in [5.41, 5.74) is 1.29. The van der Waals surface area contributed by atoms with Gasteiger partial charge in [-0.3, -0.25) is 0 Å². The van der Waals surface area contributed by atoms with E-state index in [1.165, 1.54) is 24.8 Å². The van der Waals surface area contributed by atoms with Crippen LogP contribution in [0.2, 0.25) is 0 Å². The minimum absolute atomic E-state index is 0.651. The molecule has 2 nitrogen and oxygen atoms in total. The predicted molar refractivity (Wildman–Crippen MR) is 65.1 cm³/mol. The van der Waals surface area contributed by atoms with Gasteiger partial charge in [-0.1, -0.05) is 12.5 Å². The van der Waals surface area contributed by atoms with Gasteiger partial charge in [0.15, 0.2) is 0 Å². The normalized spacial score (nSPS) is 22.9. The molecular weight excluding hydrogens is 186 g/mol. The van der Waals surface area contributed by atoms with Crippen molar-refractivity contribution in [3.05, 3.63) is 12.2 Å². The molecule has 0 radical (unpaired) electrons. The van der Waals surface area contributed by atoms with Crippen molar-refractivity contribution in [1.29, 1.82) is 0 Å². The molecule has 0 amide bonds. The summed E-state index contributed by atoms with van der Waals surface area (Å²) in [7, 11) is 0. The highest BCUT2D eigenvalue weighted by molar-refractivity contribution is 4.89. The molecule has 0 saturated carbocycles. The Hall–Kier alpha value is -0.340. The average Bonchev–Trinajstić information content (AvgIpc) is 2.67. The molecule has 1 heterocycles. The van der Waals surface area contributed by atoms with Crippen molar-refractivity contribution in [1.82, 2.24) is 5.32 Å². The van der Waals surface area contributed by atoms with Gasteiger partial charge in [-0.15, -0.1) is 6.58 Å². The molecule has 0 aromatic carbocycles. The van der Waals surface area contributed by atoms with E-state index in [0.717, 1.165) is 32.1 Å². The van der Waals surface area contributed by atoms with Crippen LogP contribution in [0, 0.1) is 5.92 Å². The van der Waals surface area contributed by atoms with E-state index < -0.39 is 0 Å². The zero-order chi connectivity index (χ0) is 11.1. The van der Waals surface area contributed by atoms with Crippen LogP contribution in [0.4, 0.5) is 0 Å².